The van der Waals surface area contributed by atoms with E-state index in [-0.39, 0.29) is 0 Å². The highest BCUT2D eigenvalue weighted by atomic mass is 32.1. The predicted octanol–water partition coefficient (Wildman–Crippen LogP) is 2.50. The average Bonchev–Trinajstić information content (AvgIpc) is 2.89. The molecule has 1 unspecified atom stereocenters. The fourth-order valence-corrected chi connectivity index (χ4v) is 3.49. The molecular weight excluding hydrogens is 270 g/mol. The number of anilines is 1. The summed E-state index contributed by atoms with van der Waals surface area (Å²) in [6.07, 6.45) is 0. The Balaban J connectivity index is 1.81. The third-order valence-corrected chi connectivity index (χ3v) is 4.59. The lowest BCUT2D eigenvalue weighted by molar-refractivity contribution is 0.0932. The number of nitrogens with one attached hydrogen (secondary N) is 1. The quantitative estimate of drug-likeness (QED) is 0.939. The van der Waals surface area contributed by atoms with E-state index in [4.69, 9.17) is 9.72 Å². The summed E-state index contributed by atoms with van der Waals surface area (Å²) in [6, 6.07) is 9.20. The van der Waals surface area contributed by atoms with Gasteiger partial charge in [-0.25, -0.2) is 4.98 Å². The SMILES string of the molecule is CC(C)NCC1COCCN1c1nc2ccccc2s1. The molecular formula is C15H21N3OS. The van der Waals surface area contributed by atoms with Gasteiger partial charge in [0, 0.05) is 19.1 Å². The van der Waals surface area contributed by atoms with Gasteiger partial charge in [0.1, 0.15) is 0 Å². The summed E-state index contributed by atoms with van der Waals surface area (Å²) in [6.45, 7) is 7.76. The van der Waals surface area contributed by atoms with Crippen LogP contribution in [0.5, 0.6) is 0 Å². The highest BCUT2D eigenvalue weighted by molar-refractivity contribution is 7.22. The standard InChI is InChI=1S/C15H21N3OS/c1-11(2)16-9-12-10-19-8-7-18(12)15-17-13-5-3-4-6-14(13)20-15/h3-6,11-12,16H,7-10H2,1-2H3. The van der Waals surface area contributed by atoms with Gasteiger partial charge in [-0.2, -0.15) is 0 Å². The van der Waals surface area contributed by atoms with Crippen LogP contribution in [0.2, 0.25) is 0 Å². The van der Waals surface area contributed by atoms with Crippen LogP contribution in [-0.4, -0.2) is 43.4 Å². The summed E-state index contributed by atoms with van der Waals surface area (Å²) >= 11 is 1.77. The summed E-state index contributed by atoms with van der Waals surface area (Å²) < 4.78 is 6.89. The van der Waals surface area contributed by atoms with Gasteiger partial charge < -0.3 is 15.0 Å². The Kier molecular flexibility index (Phi) is 4.19. The number of rotatable bonds is 4. The second-order valence-electron chi connectivity index (χ2n) is 5.45. The predicted molar refractivity (Wildman–Crippen MR) is 84.7 cm³/mol. The van der Waals surface area contributed by atoms with Crippen molar-refractivity contribution in [2.24, 2.45) is 0 Å². The third kappa shape index (κ3) is 2.95. The number of ether oxygens (including phenoxy) is 1. The smallest absolute Gasteiger partial charge is 0.186 e. The number of para-hydroxylation sites is 1. The molecule has 1 aromatic heterocycles. The van der Waals surface area contributed by atoms with E-state index in [0.717, 1.165) is 37.0 Å². The van der Waals surface area contributed by atoms with Crippen LogP contribution in [0.15, 0.2) is 24.3 Å². The molecule has 20 heavy (non-hydrogen) atoms. The zero-order valence-corrected chi connectivity index (χ0v) is 12.8. The van der Waals surface area contributed by atoms with Crippen LogP contribution < -0.4 is 10.2 Å². The molecule has 1 aliphatic heterocycles. The van der Waals surface area contributed by atoms with E-state index < -0.39 is 0 Å². The normalized spacial score (nSPS) is 19.9. The minimum atomic E-state index is 0.367. The van der Waals surface area contributed by atoms with Crippen LogP contribution in [0.1, 0.15) is 13.8 Å². The van der Waals surface area contributed by atoms with Gasteiger partial charge in [0.05, 0.1) is 29.5 Å². The Morgan fingerprint density at radius 1 is 1.45 bits per heavy atom. The van der Waals surface area contributed by atoms with Crippen LogP contribution in [0, 0.1) is 0 Å². The van der Waals surface area contributed by atoms with Crippen molar-refractivity contribution >= 4 is 26.7 Å². The third-order valence-electron chi connectivity index (χ3n) is 3.52. The number of fused-ring (bicyclic) bond motifs is 1. The Bertz CT molecular complexity index is 536. The zero-order chi connectivity index (χ0) is 13.9. The molecule has 3 rings (SSSR count). The molecule has 2 heterocycles. The van der Waals surface area contributed by atoms with Crippen LogP contribution in [0.3, 0.4) is 0 Å². The van der Waals surface area contributed by atoms with E-state index in [1.807, 2.05) is 6.07 Å². The molecule has 1 N–H and O–H groups in total. The van der Waals surface area contributed by atoms with Crippen molar-refractivity contribution in [2.75, 3.05) is 31.2 Å². The van der Waals surface area contributed by atoms with Gasteiger partial charge in [-0.15, -0.1) is 0 Å². The fraction of sp³-hybridized carbons (Fsp3) is 0.533. The number of thiazole rings is 1. The molecule has 0 radical (unpaired) electrons. The second kappa shape index (κ2) is 6.08. The molecule has 0 spiro atoms. The first kappa shape index (κ1) is 13.8. The topological polar surface area (TPSA) is 37.4 Å². The zero-order valence-electron chi connectivity index (χ0n) is 12.0. The van der Waals surface area contributed by atoms with Gasteiger partial charge in [0.15, 0.2) is 5.13 Å². The Hall–Kier alpha value is -1.17. The Labute approximate surface area is 123 Å². The number of hydrogen-bond donors (Lipinski definition) is 1. The number of benzene rings is 1. The first-order valence-corrected chi connectivity index (χ1v) is 7.99. The van der Waals surface area contributed by atoms with Crippen molar-refractivity contribution in [2.45, 2.75) is 25.9 Å². The number of hydrogen-bond acceptors (Lipinski definition) is 5. The first-order valence-electron chi connectivity index (χ1n) is 7.17. The molecule has 108 valence electrons. The van der Waals surface area contributed by atoms with Crippen molar-refractivity contribution < 1.29 is 4.74 Å². The number of aromatic nitrogens is 1. The van der Waals surface area contributed by atoms with E-state index >= 15 is 0 Å². The van der Waals surface area contributed by atoms with E-state index in [0.29, 0.717) is 12.1 Å². The molecule has 1 fully saturated rings. The van der Waals surface area contributed by atoms with Gasteiger partial charge in [-0.3, -0.25) is 0 Å². The van der Waals surface area contributed by atoms with Crippen LogP contribution in [-0.2, 0) is 4.74 Å². The highest BCUT2D eigenvalue weighted by Crippen LogP contribution is 2.30. The van der Waals surface area contributed by atoms with Crippen LogP contribution in [0.25, 0.3) is 10.2 Å². The Morgan fingerprint density at radius 3 is 3.10 bits per heavy atom. The first-order chi connectivity index (χ1) is 9.74. The maximum absolute atomic E-state index is 5.64. The van der Waals surface area contributed by atoms with Gasteiger partial charge in [-0.1, -0.05) is 37.3 Å². The van der Waals surface area contributed by atoms with Gasteiger partial charge in [0.25, 0.3) is 0 Å². The molecule has 0 bridgehead atoms. The largest absolute Gasteiger partial charge is 0.377 e. The summed E-state index contributed by atoms with van der Waals surface area (Å²) in [7, 11) is 0. The van der Waals surface area contributed by atoms with E-state index in [9.17, 15) is 0 Å². The molecule has 2 aromatic rings. The molecule has 1 aliphatic rings. The maximum atomic E-state index is 5.64. The number of nitrogens with zero attached hydrogens (tertiary/aromatic N) is 2. The molecule has 0 amide bonds. The van der Waals surface area contributed by atoms with E-state index in [1.165, 1.54) is 4.70 Å². The average molecular weight is 291 g/mol. The molecule has 0 aliphatic carbocycles. The molecule has 1 aromatic carbocycles. The lowest BCUT2D eigenvalue weighted by Crippen LogP contribution is -2.51. The van der Waals surface area contributed by atoms with Gasteiger partial charge in [-0.05, 0) is 12.1 Å². The van der Waals surface area contributed by atoms with Gasteiger partial charge in [0.2, 0.25) is 0 Å². The molecule has 4 nitrogen and oxygen atoms in total. The van der Waals surface area contributed by atoms with Crippen LogP contribution >= 0.6 is 11.3 Å². The summed E-state index contributed by atoms with van der Waals surface area (Å²) in [5.74, 6) is 0. The van der Waals surface area contributed by atoms with Crippen LogP contribution in [0.4, 0.5) is 5.13 Å². The summed E-state index contributed by atoms with van der Waals surface area (Å²) in [5.41, 5.74) is 1.09. The van der Waals surface area contributed by atoms with Crippen molar-refractivity contribution in [1.29, 1.82) is 0 Å². The lowest BCUT2D eigenvalue weighted by Gasteiger charge is -2.36. The minimum Gasteiger partial charge on any atom is -0.377 e. The second-order valence-corrected chi connectivity index (χ2v) is 6.46. The van der Waals surface area contributed by atoms with Crippen molar-refractivity contribution in [1.82, 2.24) is 10.3 Å². The lowest BCUT2D eigenvalue weighted by atomic mass is 10.2. The van der Waals surface area contributed by atoms with Crippen molar-refractivity contribution in [3.8, 4) is 0 Å². The van der Waals surface area contributed by atoms with E-state index in [1.54, 1.807) is 11.3 Å². The number of morpholine rings is 1. The minimum absolute atomic E-state index is 0.367. The summed E-state index contributed by atoms with van der Waals surface area (Å²) in [5, 5.41) is 4.62. The Morgan fingerprint density at radius 2 is 2.30 bits per heavy atom. The summed E-state index contributed by atoms with van der Waals surface area (Å²) in [4.78, 5) is 7.17. The molecule has 1 saturated heterocycles. The highest BCUT2D eigenvalue weighted by Gasteiger charge is 2.25. The van der Waals surface area contributed by atoms with E-state index in [2.05, 4.69) is 42.3 Å². The monoisotopic (exact) mass is 291 g/mol. The fourth-order valence-electron chi connectivity index (χ4n) is 2.43. The van der Waals surface area contributed by atoms with Crippen molar-refractivity contribution in [3.05, 3.63) is 24.3 Å². The molecule has 1 atom stereocenters. The van der Waals surface area contributed by atoms with Gasteiger partial charge >= 0.3 is 0 Å². The maximum Gasteiger partial charge on any atom is 0.186 e. The molecule has 0 saturated carbocycles. The van der Waals surface area contributed by atoms with Crippen molar-refractivity contribution in [3.63, 3.8) is 0 Å². The molecule has 5 heteroatoms.